The Balaban J connectivity index is 1.81. The summed E-state index contributed by atoms with van der Waals surface area (Å²) >= 11 is 0. The molecule has 1 atom stereocenters. The van der Waals surface area contributed by atoms with E-state index in [1.807, 2.05) is 49.7 Å². The normalized spacial score (nSPS) is 16.2. The predicted molar refractivity (Wildman–Crippen MR) is 108 cm³/mol. The average Bonchev–Trinajstić information content (AvgIpc) is 3.15. The third-order valence-electron chi connectivity index (χ3n) is 5.40. The lowest BCUT2D eigenvalue weighted by molar-refractivity contribution is -0.146. The van der Waals surface area contributed by atoms with Crippen molar-refractivity contribution in [1.82, 2.24) is 19.7 Å². The van der Waals surface area contributed by atoms with Gasteiger partial charge in [0.1, 0.15) is 6.04 Å². The van der Waals surface area contributed by atoms with Gasteiger partial charge in [-0.05, 0) is 38.0 Å². The fraction of sp³-hybridized carbons (Fsp3) is 0.364. The molecule has 7 nitrogen and oxygen atoms in total. The van der Waals surface area contributed by atoms with Crippen LogP contribution in [0.4, 0.5) is 0 Å². The van der Waals surface area contributed by atoms with Crippen LogP contribution < -0.4 is 0 Å². The van der Waals surface area contributed by atoms with Crippen LogP contribution in [0.15, 0.2) is 36.5 Å². The van der Waals surface area contributed by atoms with E-state index in [4.69, 9.17) is 4.74 Å². The number of ether oxygens (including phenoxy) is 1. The van der Waals surface area contributed by atoms with Crippen LogP contribution in [-0.4, -0.2) is 44.7 Å². The number of hydrogen-bond acceptors (Lipinski definition) is 5. The van der Waals surface area contributed by atoms with Gasteiger partial charge in [-0.1, -0.05) is 24.3 Å². The Kier molecular flexibility index (Phi) is 4.82. The highest BCUT2D eigenvalue weighted by Crippen LogP contribution is 2.28. The van der Waals surface area contributed by atoms with Crippen molar-refractivity contribution in [2.24, 2.45) is 0 Å². The Labute approximate surface area is 169 Å². The van der Waals surface area contributed by atoms with E-state index in [0.717, 1.165) is 16.8 Å². The topological polar surface area (TPSA) is 77.3 Å². The first-order valence-corrected chi connectivity index (χ1v) is 9.71. The van der Waals surface area contributed by atoms with Crippen molar-refractivity contribution >= 4 is 22.9 Å². The zero-order chi connectivity index (χ0) is 20.7. The molecule has 0 radical (unpaired) electrons. The van der Waals surface area contributed by atoms with E-state index < -0.39 is 12.0 Å². The molecule has 7 heteroatoms. The maximum atomic E-state index is 13.6. The van der Waals surface area contributed by atoms with Crippen LogP contribution in [0.2, 0.25) is 0 Å². The molecule has 29 heavy (non-hydrogen) atoms. The largest absolute Gasteiger partial charge is 0.467 e. The first kappa shape index (κ1) is 19.1. The quantitative estimate of drug-likeness (QED) is 0.640. The van der Waals surface area contributed by atoms with E-state index in [2.05, 4.69) is 10.1 Å². The van der Waals surface area contributed by atoms with Gasteiger partial charge in [0.05, 0.1) is 24.3 Å². The molecular formula is C22H24N4O3. The first-order chi connectivity index (χ1) is 13.9. The smallest absolute Gasteiger partial charge is 0.328 e. The van der Waals surface area contributed by atoms with Gasteiger partial charge in [-0.15, -0.1) is 0 Å². The Morgan fingerprint density at radius 3 is 2.62 bits per heavy atom. The van der Waals surface area contributed by atoms with Gasteiger partial charge in [0.2, 0.25) is 0 Å². The number of pyridine rings is 1. The SMILES string of the molecule is COC(=O)C1Cc2ccccc2CN1C(=O)c1cc(C)nc2c1cnn2C(C)C. The molecule has 0 saturated heterocycles. The summed E-state index contributed by atoms with van der Waals surface area (Å²) in [4.78, 5) is 32.3. The summed E-state index contributed by atoms with van der Waals surface area (Å²) in [6.45, 7) is 6.26. The van der Waals surface area contributed by atoms with E-state index in [1.165, 1.54) is 7.11 Å². The second-order valence-electron chi connectivity index (χ2n) is 7.68. The molecule has 1 amide bonds. The zero-order valence-electron chi connectivity index (χ0n) is 17.0. The molecule has 3 aromatic rings. The molecule has 0 N–H and O–H groups in total. The number of hydrogen-bond donors (Lipinski definition) is 0. The molecule has 0 aliphatic carbocycles. The maximum absolute atomic E-state index is 13.6. The Morgan fingerprint density at radius 2 is 1.93 bits per heavy atom. The van der Waals surface area contributed by atoms with Gasteiger partial charge in [-0.3, -0.25) is 4.79 Å². The highest BCUT2D eigenvalue weighted by atomic mass is 16.5. The number of benzene rings is 1. The van der Waals surface area contributed by atoms with Crippen LogP contribution in [-0.2, 0) is 22.5 Å². The van der Waals surface area contributed by atoms with Crippen molar-refractivity contribution in [2.75, 3.05) is 7.11 Å². The lowest BCUT2D eigenvalue weighted by atomic mass is 9.93. The van der Waals surface area contributed by atoms with Gasteiger partial charge in [0.15, 0.2) is 5.65 Å². The Morgan fingerprint density at radius 1 is 1.21 bits per heavy atom. The van der Waals surface area contributed by atoms with Gasteiger partial charge in [-0.25, -0.2) is 14.5 Å². The predicted octanol–water partition coefficient (Wildman–Crippen LogP) is 3.06. The van der Waals surface area contributed by atoms with Crippen LogP contribution in [0.25, 0.3) is 11.0 Å². The highest BCUT2D eigenvalue weighted by molar-refractivity contribution is 6.06. The molecule has 150 valence electrons. The number of fused-ring (bicyclic) bond motifs is 2. The average molecular weight is 392 g/mol. The van der Waals surface area contributed by atoms with E-state index >= 15 is 0 Å². The molecule has 0 bridgehead atoms. The molecule has 1 aliphatic heterocycles. The molecule has 1 unspecified atom stereocenters. The third kappa shape index (κ3) is 3.26. The lowest BCUT2D eigenvalue weighted by Gasteiger charge is -2.35. The number of rotatable bonds is 3. The summed E-state index contributed by atoms with van der Waals surface area (Å²) < 4.78 is 6.81. The molecule has 4 rings (SSSR count). The molecule has 2 aromatic heterocycles. The van der Waals surface area contributed by atoms with Crippen molar-refractivity contribution in [3.05, 3.63) is 58.9 Å². The van der Waals surface area contributed by atoms with Gasteiger partial charge in [-0.2, -0.15) is 5.10 Å². The number of nitrogens with zero attached hydrogens (tertiary/aromatic N) is 4. The van der Waals surface area contributed by atoms with E-state index in [-0.39, 0.29) is 11.9 Å². The Bertz CT molecular complexity index is 1100. The van der Waals surface area contributed by atoms with Gasteiger partial charge in [0.25, 0.3) is 5.91 Å². The number of aryl methyl sites for hydroxylation is 1. The zero-order valence-corrected chi connectivity index (χ0v) is 17.0. The number of amides is 1. The van der Waals surface area contributed by atoms with Crippen LogP contribution in [0.1, 0.15) is 47.1 Å². The van der Waals surface area contributed by atoms with E-state index in [0.29, 0.717) is 29.6 Å². The summed E-state index contributed by atoms with van der Waals surface area (Å²) in [5.41, 5.74) is 4.02. The van der Waals surface area contributed by atoms with Gasteiger partial charge >= 0.3 is 5.97 Å². The van der Waals surface area contributed by atoms with E-state index in [1.54, 1.807) is 17.2 Å². The molecular weight excluding hydrogens is 368 g/mol. The molecule has 1 aromatic carbocycles. The van der Waals surface area contributed by atoms with Crippen molar-refractivity contribution in [3.63, 3.8) is 0 Å². The second kappa shape index (κ2) is 7.31. The second-order valence-corrected chi connectivity index (χ2v) is 7.68. The molecule has 3 heterocycles. The third-order valence-corrected chi connectivity index (χ3v) is 5.40. The van der Waals surface area contributed by atoms with Crippen LogP contribution in [0.5, 0.6) is 0 Å². The summed E-state index contributed by atoms with van der Waals surface area (Å²) in [6, 6.07) is 9.11. The maximum Gasteiger partial charge on any atom is 0.328 e. The van der Waals surface area contributed by atoms with E-state index in [9.17, 15) is 9.59 Å². The summed E-state index contributed by atoms with van der Waals surface area (Å²) in [5, 5.41) is 5.11. The van der Waals surface area contributed by atoms with Crippen LogP contribution in [0.3, 0.4) is 0 Å². The van der Waals surface area contributed by atoms with Crippen molar-refractivity contribution < 1.29 is 14.3 Å². The first-order valence-electron chi connectivity index (χ1n) is 9.71. The standard InChI is InChI=1S/C22H24N4O3/c1-13(2)26-20-18(11-23-26)17(9-14(3)24-20)21(27)25-12-16-8-6-5-7-15(16)10-19(25)22(28)29-4/h5-9,11,13,19H,10,12H2,1-4H3. The van der Waals surface area contributed by atoms with Gasteiger partial charge < -0.3 is 9.64 Å². The van der Waals surface area contributed by atoms with Crippen molar-refractivity contribution in [1.29, 1.82) is 0 Å². The minimum Gasteiger partial charge on any atom is -0.467 e. The minimum atomic E-state index is -0.661. The monoisotopic (exact) mass is 392 g/mol. The fourth-order valence-corrected chi connectivity index (χ4v) is 3.94. The minimum absolute atomic E-state index is 0.120. The number of methoxy groups -OCH3 is 1. The highest BCUT2D eigenvalue weighted by Gasteiger charge is 2.36. The number of esters is 1. The van der Waals surface area contributed by atoms with Crippen molar-refractivity contribution in [2.45, 2.75) is 45.8 Å². The molecule has 0 fully saturated rings. The fourth-order valence-electron chi connectivity index (χ4n) is 3.94. The number of carbonyl (C=O) groups is 2. The Hall–Kier alpha value is -3.22. The number of aromatic nitrogens is 3. The molecule has 0 saturated carbocycles. The number of carbonyl (C=O) groups excluding carboxylic acids is 2. The lowest BCUT2D eigenvalue weighted by Crippen LogP contribution is -2.49. The van der Waals surface area contributed by atoms with Gasteiger partial charge in [0, 0.05) is 24.7 Å². The molecule has 1 aliphatic rings. The molecule has 0 spiro atoms. The summed E-state index contributed by atoms with van der Waals surface area (Å²) in [6.07, 6.45) is 2.12. The van der Waals surface area contributed by atoms with Crippen LogP contribution in [0, 0.1) is 6.92 Å². The van der Waals surface area contributed by atoms with Crippen LogP contribution >= 0.6 is 0 Å². The summed E-state index contributed by atoms with van der Waals surface area (Å²) in [5.74, 6) is -0.624. The van der Waals surface area contributed by atoms with Crippen molar-refractivity contribution in [3.8, 4) is 0 Å². The summed E-state index contributed by atoms with van der Waals surface area (Å²) in [7, 11) is 1.35.